The van der Waals surface area contributed by atoms with Crippen LogP contribution in [0.4, 0.5) is 0 Å². The monoisotopic (exact) mass is 492 g/mol. The van der Waals surface area contributed by atoms with E-state index in [0.717, 1.165) is 0 Å². The summed E-state index contributed by atoms with van der Waals surface area (Å²) in [6.07, 6.45) is -0.699. The Labute approximate surface area is 208 Å². The number of amides is 4. The molecular formula is C26H28N4O6. The van der Waals surface area contributed by atoms with Gasteiger partial charge in [-0.25, -0.2) is 0 Å². The number of likely N-dealkylation sites (tertiary alicyclic amines) is 1. The third-order valence-electron chi connectivity index (χ3n) is 7.19. The highest BCUT2D eigenvalue weighted by Gasteiger charge is 2.53. The van der Waals surface area contributed by atoms with Gasteiger partial charge in [-0.1, -0.05) is 30.3 Å². The lowest BCUT2D eigenvalue weighted by molar-refractivity contribution is -0.149. The quantitative estimate of drug-likeness (QED) is 0.548. The van der Waals surface area contributed by atoms with Gasteiger partial charge in [0.1, 0.15) is 17.8 Å². The van der Waals surface area contributed by atoms with Gasteiger partial charge in [0.15, 0.2) is 6.10 Å². The Morgan fingerprint density at radius 3 is 2.53 bits per heavy atom. The molecule has 4 amide bonds. The fourth-order valence-corrected chi connectivity index (χ4v) is 5.32. The average Bonchev–Trinajstić information content (AvgIpc) is 3.50. The Bertz CT molecular complexity index is 1170. The molecular weight excluding hydrogens is 464 g/mol. The Morgan fingerprint density at radius 2 is 1.83 bits per heavy atom. The van der Waals surface area contributed by atoms with Crippen LogP contribution >= 0.6 is 0 Å². The van der Waals surface area contributed by atoms with Crippen LogP contribution in [0, 0.1) is 0 Å². The molecule has 3 heterocycles. The number of nitrogens with zero attached hydrogens (tertiary/aromatic N) is 2. The zero-order valence-corrected chi connectivity index (χ0v) is 19.8. The van der Waals surface area contributed by atoms with E-state index in [1.807, 2.05) is 0 Å². The van der Waals surface area contributed by atoms with Crippen molar-refractivity contribution in [3.63, 3.8) is 0 Å². The molecule has 3 fully saturated rings. The van der Waals surface area contributed by atoms with Gasteiger partial charge in [0.05, 0.1) is 13.2 Å². The van der Waals surface area contributed by atoms with Gasteiger partial charge in [0.25, 0.3) is 11.8 Å². The molecule has 2 aromatic rings. The standard InChI is InChI=1S/C26H28N4O6/c1-36-18-9-7-16(8-10-18)23(32)27-17-13-20-24(33)28-19-11-12-29(21(19)25(34)30(20)14-17)26(35)22(31)15-5-3-2-4-6-15/h2-10,17,19-22,31H,11-14H2,1H3,(H,27,32)(H,28,33)/t17-,19-,20+,21-,22-/m0/s1. The molecule has 0 spiro atoms. The van der Waals surface area contributed by atoms with Crippen LogP contribution in [-0.4, -0.2) is 82.9 Å². The first-order chi connectivity index (χ1) is 17.4. The Balaban J connectivity index is 1.31. The molecule has 0 aliphatic carbocycles. The smallest absolute Gasteiger partial charge is 0.256 e. The van der Waals surface area contributed by atoms with Crippen molar-refractivity contribution >= 4 is 23.6 Å². The lowest BCUT2D eigenvalue weighted by Gasteiger charge is -2.30. The number of methoxy groups -OCH3 is 1. The minimum Gasteiger partial charge on any atom is -0.497 e. The fourth-order valence-electron chi connectivity index (χ4n) is 5.32. The summed E-state index contributed by atoms with van der Waals surface area (Å²) in [5.74, 6) is -0.899. The van der Waals surface area contributed by atoms with E-state index in [1.165, 1.54) is 9.80 Å². The van der Waals surface area contributed by atoms with Gasteiger partial charge in [0, 0.05) is 24.7 Å². The minimum absolute atomic E-state index is 0.158. The van der Waals surface area contributed by atoms with Crippen LogP contribution in [0.1, 0.15) is 34.9 Å². The summed E-state index contributed by atoms with van der Waals surface area (Å²) in [7, 11) is 1.54. The maximum Gasteiger partial charge on any atom is 0.256 e. The summed E-state index contributed by atoms with van der Waals surface area (Å²) in [6.45, 7) is 0.408. The molecule has 3 saturated heterocycles. The molecule has 2 aromatic carbocycles. The van der Waals surface area contributed by atoms with Crippen molar-refractivity contribution in [1.82, 2.24) is 20.4 Å². The third kappa shape index (κ3) is 4.28. The SMILES string of the molecule is COc1ccc(C(=O)N[C@H]2C[C@@H]3C(=O)N[C@H]4CCN(C(=O)[C@@H](O)c5ccccc5)[C@@H]4C(=O)N3C2)cc1. The van der Waals surface area contributed by atoms with Gasteiger partial charge >= 0.3 is 0 Å². The highest BCUT2D eigenvalue weighted by Crippen LogP contribution is 2.31. The lowest BCUT2D eigenvalue weighted by atomic mass is 10.1. The van der Waals surface area contributed by atoms with E-state index in [4.69, 9.17) is 4.74 Å². The van der Waals surface area contributed by atoms with Gasteiger partial charge < -0.3 is 30.3 Å². The molecule has 5 rings (SSSR count). The topological polar surface area (TPSA) is 128 Å². The molecule has 3 aliphatic heterocycles. The van der Waals surface area contributed by atoms with Crippen molar-refractivity contribution < 1.29 is 29.0 Å². The van der Waals surface area contributed by atoms with E-state index >= 15 is 0 Å². The van der Waals surface area contributed by atoms with Gasteiger partial charge in [-0.05, 0) is 42.7 Å². The van der Waals surface area contributed by atoms with Crippen LogP contribution in [0.2, 0.25) is 0 Å². The maximum atomic E-state index is 13.6. The summed E-state index contributed by atoms with van der Waals surface area (Å²) < 4.78 is 5.12. The molecule has 0 aromatic heterocycles. The van der Waals surface area contributed by atoms with E-state index in [0.29, 0.717) is 23.3 Å². The van der Waals surface area contributed by atoms with E-state index < -0.39 is 36.2 Å². The fraction of sp³-hybridized carbons (Fsp3) is 0.385. The predicted octanol–water partition coefficient (Wildman–Crippen LogP) is 0.227. The van der Waals surface area contributed by atoms with Crippen LogP contribution in [0.15, 0.2) is 54.6 Å². The van der Waals surface area contributed by atoms with Gasteiger partial charge in [-0.15, -0.1) is 0 Å². The van der Waals surface area contributed by atoms with Crippen molar-refractivity contribution in [2.75, 3.05) is 20.2 Å². The number of rotatable bonds is 5. The highest BCUT2D eigenvalue weighted by atomic mass is 16.5. The zero-order valence-electron chi connectivity index (χ0n) is 19.8. The molecule has 188 valence electrons. The molecule has 5 atom stereocenters. The number of aliphatic hydroxyl groups excluding tert-OH is 1. The lowest BCUT2D eigenvalue weighted by Crippen LogP contribution is -2.53. The first kappa shape index (κ1) is 23.8. The number of carbonyl (C=O) groups excluding carboxylic acids is 4. The highest BCUT2D eigenvalue weighted by molar-refractivity contribution is 5.98. The summed E-state index contributed by atoms with van der Waals surface area (Å²) in [5, 5.41) is 16.5. The second-order valence-corrected chi connectivity index (χ2v) is 9.33. The van der Waals surface area contributed by atoms with Crippen molar-refractivity contribution in [3.05, 3.63) is 65.7 Å². The van der Waals surface area contributed by atoms with E-state index in [2.05, 4.69) is 10.6 Å². The summed E-state index contributed by atoms with van der Waals surface area (Å²) in [5.41, 5.74) is 0.882. The van der Waals surface area contributed by atoms with Crippen LogP contribution in [0.25, 0.3) is 0 Å². The van der Waals surface area contributed by atoms with Crippen LogP contribution < -0.4 is 15.4 Å². The van der Waals surface area contributed by atoms with Crippen molar-refractivity contribution in [3.8, 4) is 5.75 Å². The molecule has 36 heavy (non-hydrogen) atoms. The normalized spacial score (nSPS) is 25.9. The van der Waals surface area contributed by atoms with Crippen LogP contribution in [0.5, 0.6) is 5.75 Å². The van der Waals surface area contributed by atoms with Crippen molar-refractivity contribution in [2.24, 2.45) is 0 Å². The van der Waals surface area contributed by atoms with Gasteiger partial charge in [0.2, 0.25) is 11.8 Å². The second kappa shape index (κ2) is 9.62. The number of hydrogen-bond donors (Lipinski definition) is 3. The van der Waals surface area contributed by atoms with Crippen LogP contribution in [0.3, 0.4) is 0 Å². The largest absolute Gasteiger partial charge is 0.497 e. The third-order valence-corrected chi connectivity index (χ3v) is 7.19. The predicted molar refractivity (Wildman–Crippen MR) is 128 cm³/mol. The number of carbonyl (C=O) groups is 4. The number of aliphatic hydroxyl groups is 1. The van der Waals surface area contributed by atoms with E-state index in [1.54, 1.807) is 61.7 Å². The number of ether oxygens (including phenoxy) is 1. The van der Waals surface area contributed by atoms with E-state index in [9.17, 15) is 24.3 Å². The summed E-state index contributed by atoms with van der Waals surface area (Å²) in [6, 6.07) is 12.6. The van der Waals surface area contributed by atoms with Gasteiger partial charge in [-0.2, -0.15) is 0 Å². The maximum absolute atomic E-state index is 13.6. The number of nitrogens with one attached hydrogen (secondary N) is 2. The number of hydrogen-bond acceptors (Lipinski definition) is 6. The molecule has 0 saturated carbocycles. The molecule has 3 aliphatic rings. The second-order valence-electron chi connectivity index (χ2n) is 9.33. The summed E-state index contributed by atoms with van der Waals surface area (Å²) >= 11 is 0. The Kier molecular flexibility index (Phi) is 6.36. The Hall–Kier alpha value is -3.92. The van der Waals surface area contributed by atoms with Crippen molar-refractivity contribution in [2.45, 2.75) is 43.1 Å². The number of benzene rings is 2. The first-order valence-electron chi connectivity index (χ1n) is 12.0. The molecule has 10 heteroatoms. The molecule has 0 bridgehead atoms. The van der Waals surface area contributed by atoms with Crippen molar-refractivity contribution in [1.29, 1.82) is 0 Å². The molecule has 3 N–H and O–H groups in total. The zero-order chi connectivity index (χ0) is 25.4. The summed E-state index contributed by atoms with van der Waals surface area (Å²) in [4.78, 5) is 55.4. The van der Waals surface area contributed by atoms with Gasteiger partial charge in [-0.3, -0.25) is 19.2 Å². The Morgan fingerprint density at radius 1 is 1.11 bits per heavy atom. The number of fused-ring (bicyclic) bond motifs is 2. The van der Waals surface area contributed by atoms with E-state index in [-0.39, 0.29) is 37.2 Å². The minimum atomic E-state index is -1.40. The molecule has 0 radical (unpaired) electrons. The van der Waals surface area contributed by atoms with Crippen LogP contribution in [-0.2, 0) is 14.4 Å². The average molecular weight is 493 g/mol. The first-order valence-corrected chi connectivity index (χ1v) is 12.0. The molecule has 10 nitrogen and oxygen atoms in total. The molecule has 0 unspecified atom stereocenters.